The first-order valence-electron chi connectivity index (χ1n) is 6.11. The smallest absolute Gasteiger partial charge is 0.321 e. The number of imide groups is 1. The minimum atomic E-state index is -0.558. The molecule has 20 heavy (non-hydrogen) atoms. The highest BCUT2D eigenvalue weighted by Gasteiger charge is 2.28. The van der Waals surface area contributed by atoms with Crippen LogP contribution in [0.1, 0.15) is 20.8 Å². The van der Waals surface area contributed by atoms with Crippen LogP contribution in [0.25, 0.3) is 0 Å². The van der Waals surface area contributed by atoms with E-state index >= 15 is 0 Å². The number of rotatable bonds is 7. The van der Waals surface area contributed by atoms with Gasteiger partial charge in [0.05, 0.1) is 12.5 Å². The maximum absolute atomic E-state index is 11.4. The van der Waals surface area contributed by atoms with Gasteiger partial charge in [-0.2, -0.15) is 11.8 Å². The fourth-order valence-electron chi connectivity index (χ4n) is 1.15. The average molecular weight is 302 g/mol. The second-order valence-corrected chi connectivity index (χ2v) is 6.02. The number of thioether (sulfide) groups is 1. The molecule has 6 nitrogen and oxygen atoms in total. The summed E-state index contributed by atoms with van der Waals surface area (Å²) in [5.41, 5.74) is -0.285. The molecule has 3 amide bonds. The van der Waals surface area contributed by atoms with Gasteiger partial charge >= 0.3 is 12.0 Å². The minimum Gasteiger partial charge on any atom is -0.469 e. The van der Waals surface area contributed by atoms with Crippen molar-refractivity contribution >= 4 is 29.7 Å². The number of nitrogens with one attached hydrogen (secondary N) is 2. The van der Waals surface area contributed by atoms with Gasteiger partial charge in [-0.25, -0.2) is 4.79 Å². The molecule has 114 valence electrons. The lowest BCUT2D eigenvalue weighted by Gasteiger charge is -2.20. The second kappa shape index (κ2) is 8.63. The number of urea groups is 1. The lowest BCUT2D eigenvalue weighted by Crippen LogP contribution is -2.40. The van der Waals surface area contributed by atoms with Crippen LogP contribution in [0.15, 0.2) is 12.2 Å². The van der Waals surface area contributed by atoms with Crippen LogP contribution in [-0.2, 0) is 14.3 Å². The van der Waals surface area contributed by atoms with Crippen molar-refractivity contribution in [3.63, 3.8) is 0 Å². The van der Waals surface area contributed by atoms with Crippen LogP contribution in [0.2, 0.25) is 0 Å². The predicted octanol–water partition coefficient (Wildman–Crippen LogP) is 1.32. The predicted molar refractivity (Wildman–Crippen MR) is 79.5 cm³/mol. The molecule has 0 bridgehead atoms. The first kappa shape index (κ1) is 18.5. The molecule has 0 rings (SSSR count). The Balaban J connectivity index is 3.82. The monoisotopic (exact) mass is 302 g/mol. The van der Waals surface area contributed by atoms with Crippen LogP contribution in [0.4, 0.5) is 4.79 Å². The Morgan fingerprint density at radius 3 is 2.40 bits per heavy atom. The molecule has 0 fully saturated rings. The van der Waals surface area contributed by atoms with E-state index in [1.807, 2.05) is 0 Å². The van der Waals surface area contributed by atoms with Crippen LogP contribution in [0.3, 0.4) is 0 Å². The molecule has 0 radical (unpaired) electrons. The fourth-order valence-corrected chi connectivity index (χ4v) is 2.17. The molecular formula is C13H22N2O4S. The Kier molecular flexibility index (Phi) is 7.98. The number of hydrogen-bond donors (Lipinski definition) is 2. The van der Waals surface area contributed by atoms with Gasteiger partial charge in [0.2, 0.25) is 0 Å². The first-order valence-corrected chi connectivity index (χ1v) is 7.27. The molecule has 0 aliphatic heterocycles. The molecule has 0 aliphatic rings. The highest BCUT2D eigenvalue weighted by atomic mass is 32.2. The van der Waals surface area contributed by atoms with Crippen LogP contribution in [-0.4, -0.2) is 43.1 Å². The van der Waals surface area contributed by atoms with Gasteiger partial charge in [0.1, 0.15) is 0 Å². The molecule has 0 spiro atoms. The maximum Gasteiger partial charge on any atom is 0.321 e. The van der Waals surface area contributed by atoms with Crippen LogP contribution < -0.4 is 10.6 Å². The lowest BCUT2D eigenvalue weighted by atomic mass is 9.97. The molecule has 7 heteroatoms. The summed E-state index contributed by atoms with van der Waals surface area (Å²) >= 11 is 1.53. The van der Waals surface area contributed by atoms with E-state index in [9.17, 15) is 14.4 Å². The van der Waals surface area contributed by atoms with Gasteiger partial charge in [0.15, 0.2) is 0 Å². The van der Waals surface area contributed by atoms with Gasteiger partial charge < -0.3 is 10.1 Å². The van der Waals surface area contributed by atoms with Crippen molar-refractivity contribution in [2.75, 3.05) is 25.2 Å². The number of ether oxygens (including phenoxy) is 1. The van der Waals surface area contributed by atoms with Crippen molar-refractivity contribution in [3.8, 4) is 0 Å². The summed E-state index contributed by atoms with van der Waals surface area (Å²) in [5, 5.41) is 4.69. The molecular weight excluding hydrogens is 280 g/mol. The molecule has 0 aromatic heterocycles. The summed E-state index contributed by atoms with van der Waals surface area (Å²) in [4.78, 5) is 33.9. The van der Waals surface area contributed by atoms with Gasteiger partial charge in [-0.1, -0.05) is 6.58 Å². The van der Waals surface area contributed by atoms with Crippen LogP contribution in [0, 0.1) is 5.41 Å². The van der Waals surface area contributed by atoms with Crippen molar-refractivity contribution in [3.05, 3.63) is 12.2 Å². The Hall–Kier alpha value is -1.50. The van der Waals surface area contributed by atoms with E-state index in [1.54, 1.807) is 13.8 Å². The molecule has 2 N–H and O–H groups in total. The quantitative estimate of drug-likeness (QED) is 0.421. The molecule has 0 saturated carbocycles. The van der Waals surface area contributed by atoms with E-state index in [1.165, 1.54) is 25.8 Å². The summed E-state index contributed by atoms with van der Waals surface area (Å²) in [5.74, 6) is 0.465. The van der Waals surface area contributed by atoms with Crippen molar-refractivity contribution in [1.82, 2.24) is 10.6 Å². The van der Waals surface area contributed by atoms with E-state index in [0.717, 1.165) is 0 Å². The molecule has 0 heterocycles. The Bertz CT molecular complexity index is 394. The third-order valence-corrected chi connectivity index (χ3v) is 3.77. The number of carbonyl (C=O) groups excluding carboxylic acids is 3. The summed E-state index contributed by atoms with van der Waals surface area (Å²) < 4.78 is 4.70. The van der Waals surface area contributed by atoms with E-state index in [0.29, 0.717) is 18.1 Å². The molecule has 0 saturated heterocycles. The van der Waals surface area contributed by atoms with E-state index < -0.39 is 17.4 Å². The summed E-state index contributed by atoms with van der Waals surface area (Å²) in [6, 6.07) is -0.550. The number of amides is 3. The van der Waals surface area contributed by atoms with Crippen molar-refractivity contribution in [2.45, 2.75) is 20.8 Å². The molecule has 0 atom stereocenters. The van der Waals surface area contributed by atoms with Gasteiger partial charge in [-0.3, -0.25) is 14.9 Å². The second-order valence-electron chi connectivity index (χ2n) is 4.92. The normalized spacial score (nSPS) is 10.6. The van der Waals surface area contributed by atoms with E-state index in [-0.39, 0.29) is 11.5 Å². The third-order valence-electron chi connectivity index (χ3n) is 2.35. The Morgan fingerprint density at radius 2 is 1.90 bits per heavy atom. The molecule has 0 aliphatic carbocycles. The minimum absolute atomic E-state index is 0.261. The molecule has 0 unspecified atom stereocenters. The summed E-state index contributed by atoms with van der Waals surface area (Å²) in [7, 11) is 1.36. The Labute approximate surface area is 123 Å². The highest BCUT2D eigenvalue weighted by molar-refractivity contribution is 7.99. The average Bonchev–Trinajstić information content (AvgIpc) is 2.36. The zero-order chi connectivity index (χ0) is 15.8. The van der Waals surface area contributed by atoms with Gasteiger partial charge in [0, 0.05) is 23.6 Å². The van der Waals surface area contributed by atoms with Gasteiger partial charge in [-0.05, 0) is 20.8 Å². The number of carbonyl (C=O) groups is 3. The summed E-state index contributed by atoms with van der Waals surface area (Å²) in [6.07, 6.45) is 0. The van der Waals surface area contributed by atoms with Crippen molar-refractivity contribution < 1.29 is 19.1 Å². The fraction of sp³-hybridized carbons (Fsp3) is 0.615. The lowest BCUT2D eigenvalue weighted by molar-refractivity contribution is -0.149. The van der Waals surface area contributed by atoms with Crippen molar-refractivity contribution in [1.29, 1.82) is 0 Å². The van der Waals surface area contributed by atoms with Gasteiger partial charge in [0.25, 0.3) is 5.91 Å². The molecule has 0 aromatic rings. The van der Waals surface area contributed by atoms with E-state index in [2.05, 4.69) is 17.2 Å². The standard InChI is InChI=1S/C13H22N2O4S/c1-9(2)10(16)15-12(18)14-6-7-20-8-13(3,4)11(17)19-5/h1,6-8H2,2-5H3,(H2,14,15,16,18). The topological polar surface area (TPSA) is 84.5 Å². The third kappa shape index (κ3) is 7.18. The highest BCUT2D eigenvalue weighted by Crippen LogP contribution is 2.22. The summed E-state index contributed by atoms with van der Waals surface area (Å²) in [6.45, 7) is 8.96. The van der Waals surface area contributed by atoms with E-state index in [4.69, 9.17) is 4.74 Å². The van der Waals surface area contributed by atoms with Crippen LogP contribution in [0.5, 0.6) is 0 Å². The number of hydrogen-bond acceptors (Lipinski definition) is 5. The first-order chi connectivity index (χ1) is 9.20. The zero-order valence-electron chi connectivity index (χ0n) is 12.4. The molecule has 0 aromatic carbocycles. The maximum atomic E-state index is 11.4. The zero-order valence-corrected chi connectivity index (χ0v) is 13.2. The van der Waals surface area contributed by atoms with Crippen LogP contribution >= 0.6 is 11.8 Å². The SMILES string of the molecule is C=C(C)C(=O)NC(=O)NCCSCC(C)(C)C(=O)OC. The largest absolute Gasteiger partial charge is 0.469 e. The number of esters is 1. The van der Waals surface area contributed by atoms with Gasteiger partial charge in [-0.15, -0.1) is 0 Å². The Morgan fingerprint density at radius 1 is 1.30 bits per heavy atom. The number of methoxy groups -OCH3 is 1. The van der Waals surface area contributed by atoms with Crippen molar-refractivity contribution in [2.24, 2.45) is 5.41 Å².